The van der Waals surface area contributed by atoms with Gasteiger partial charge in [-0.1, -0.05) is 6.92 Å². The number of benzene rings is 1. The van der Waals surface area contributed by atoms with Gasteiger partial charge in [-0.3, -0.25) is 15.6 Å². The van der Waals surface area contributed by atoms with E-state index < -0.39 is 12.1 Å². The Kier molecular flexibility index (Phi) is 4.52. The Hall–Kier alpha value is -2.44. The second kappa shape index (κ2) is 6.34. The fourth-order valence-corrected chi connectivity index (χ4v) is 2.43. The highest BCUT2D eigenvalue weighted by Crippen LogP contribution is 2.22. The summed E-state index contributed by atoms with van der Waals surface area (Å²) < 4.78 is 5.06. The standard InChI is InChI=1S/C14H20N4O3/c1-9-7-12(18(8-9)14(15)20)13(19)17-16-10-3-5-11(21-2)6-4-10/h3-6,9,12,16H,7-8H2,1-2H3,(H2,15,20)(H,17,19). The Balaban J connectivity index is 1.92. The van der Waals surface area contributed by atoms with Gasteiger partial charge in [0.1, 0.15) is 11.8 Å². The molecule has 0 radical (unpaired) electrons. The molecule has 2 unspecified atom stereocenters. The van der Waals surface area contributed by atoms with Gasteiger partial charge in [0.25, 0.3) is 5.91 Å². The molecule has 1 aromatic rings. The summed E-state index contributed by atoms with van der Waals surface area (Å²) in [5, 5.41) is 0. The molecule has 2 rings (SSSR count). The lowest BCUT2D eigenvalue weighted by Gasteiger charge is -2.22. The van der Waals surface area contributed by atoms with E-state index in [0.29, 0.717) is 13.0 Å². The highest BCUT2D eigenvalue weighted by atomic mass is 16.5. The van der Waals surface area contributed by atoms with Crippen LogP contribution in [0.1, 0.15) is 13.3 Å². The molecule has 4 N–H and O–H groups in total. The van der Waals surface area contributed by atoms with E-state index in [4.69, 9.17) is 10.5 Å². The Labute approximate surface area is 123 Å². The SMILES string of the molecule is COc1ccc(NNC(=O)C2CC(C)CN2C(N)=O)cc1. The number of rotatable bonds is 4. The minimum absolute atomic E-state index is 0.259. The third-order valence-corrected chi connectivity index (χ3v) is 3.52. The molecule has 114 valence electrons. The lowest BCUT2D eigenvalue weighted by molar-refractivity contribution is -0.124. The van der Waals surface area contributed by atoms with Crippen LogP contribution in [0.15, 0.2) is 24.3 Å². The van der Waals surface area contributed by atoms with Crippen molar-refractivity contribution in [2.45, 2.75) is 19.4 Å². The molecule has 3 amide bonds. The Morgan fingerprint density at radius 3 is 2.57 bits per heavy atom. The first-order chi connectivity index (χ1) is 10.0. The van der Waals surface area contributed by atoms with Gasteiger partial charge in [-0.15, -0.1) is 0 Å². The summed E-state index contributed by atoms with van der Waals surface area (Å²) in [6.45, 7) is 2.50. The summed E-state index contributed by atoms with van der Waals surface area (Å²) in [5.74, 6) is 0.722. The van der Waals surface area contributed by atoms with Crippen LogP contribution in [0.5, 0.6) is 5.75 Å². The number of nitrogens with one attached hydrogen (secondary N) is 2. The van der Waals surface area contributed by atoms with E-state index >= 15 is 0 Å². The van der Waals surface area contributed by atoms with Crippen molar-refractivity contribution in [3.05, 3.63) is 24.3 Å². The first-order valence-corrected chi connectivity index (χ1v) is 6.77. The average Bonchev–Trinajstić information content (AvgIpc) is 2.87. The molecular weight excluding hydrogens is 272 g/mol. The van der Waals surface area contributed by atoms with Gasteiger partial charge < -0.3 is 15.4 Å². The minimum Gasteiger partial charge on any atom is -0.497 e. The zero-order chi connectivity index (χ0) is 15.4. The molecular formula is C14H20N4O3. The minimum atomic E-state index is -0.566. The van der Waals surface area contributed by atoms with Crippen LogP contribution >= 0.6 is 0 Å². The smallest absolute Gasteiger partial charge is 0.315 e. The number of amides is 3. The van der Waals surface area contributed by atoms with E-state index in [1.54, 1.807) is 31.4 Å². The summed E-state index contributed by atoms with van der Waals surface area (Å²) in [5.41, 5.74) is 11.4. The molecule has 1 aliphatic heterocycles. The molecule has 1 saturated heterocycles. The summed E-state index contributed by atoms with van der Waals surface area (Å²) >= 11 is 0. The van der Waals surface area contributed by atoms with Crippen molar-refractivity contribution >= 4 is 17.6 Å². The number of nitrogens with two attached hydrogens (primary N) is 1. The van der Waals surface area contributed by atoms with Crippen molar-refractivity contribution in [3.8, 4) is 5.75 Å². The number of methoxy groups -OCH3 is 1. The molecule has 1 aromatic carbocycles. The number of carbonyl (C=O) groups is 2. The molecule has 1 fully saturated rings. The predicted octanol–water partition coefficient (Wildman–Crippen LogP) is 0.927. The molecule has 0 aromatic heterocycles. The zero-order valence-corrected chi connectivity index (χ0v) is 12.1. The molecule has 0 aliphatic carbocycles. The van der Waals surface area contributed by atoms with Gasteiger partial charge in [0.05, 0.1) is 12.8 Å². The largest absolute Gasteiger partial charge is 0.497 e. The van der Waals surface area contributed by atoms with E-state index in [-0.39, 0.29) is 11.8 Å². The summed E-state index contributed by atoms with van der Waals surface area (Å²) in [6.07, 6.45) is 0.610. The van der Waals surface area contributed by atoms with Crippen LogP contribution in [0.3, 0.4) is 0 Å². The quantitative estimate of drug-likeness (QED) is 0.719. The fourth-order valence-electron chi connectivity index (χ4n) is 2.43. The van der Waals surface area contributed by atoms with Crippen molar-refractivity contribution in [1.29, 1.82) is 0 Å². The topological polar surface area (TPSA) is 96.7 Å². The van der Waals surface area contributed by atoms with Gasteiger partial charge in [0.2, 0.25) is 0 Å². The number of primary amides is 1. The first-order valence-electron chi connectivity index (χ1n) is 6.77. The van der Waals surface area contributed by atoms with Crippen molar-refractivity contribution < 1.29 is 14.3 Å². The molecule has 1 heterocycles. The van der Waals surface area contributed by atoms with Crippen LogP contribution in [0, 0.1) is 5.92 Å². The van der Waals surface area contributed by atoms with Crippen molar-refractivity contribution in [2.75, 3.05) is 19.1 Å². The van der Waals surface area contributed by atoms with Gasteiger partial charge in [-0.25, -0.2) is 4.79 Å². The molecule has 21 heavy (non-hydrogen) atoms. The maximum atomic E-state index is 12.2. The normalized spacial score (nSPS) is 21.0. The van der Waals surface area contributed by atoms with Gasteiger partial charge in [0, 0.05) is 6.54 Å². The van der Waals surface area contributed by atoms with E-state index in [0.717, 1.165) is 11.4 Å². The number of anilines is 1. The lowest BCUT2D eigenvalue weighted by atomic mass is 10.1. The lowest BCUT2D eigenvalue weighted by Crippen LogP contribution is -2.49. The van der Waals surface area contributed by atoms with Gasteiger partial charge in [-0.2, -0.15) is 0 Å². The second-order valence-corrected chi connectivity index (χ2v) is 5.19. The summed E-state index contributed by atoms with van der Waals surface area (Å²) in [7, 11) is 1.59. The number of hydrazine groups is 1. The maximum Gasteiger partial charge on any atom is 0.315 e. The molecule has 1 aliphatic rings. The van der Waals surface area contributed by atoms with E-state index in [1.807, 2.05) is 6.92 Å². The Bertz CT molecular complexity index is 517. The average molecular weight is 292 g/mol. The molecule has 7 heteroatoms. The van der Waals surface area contributed by atoms with Gasteiger partial charge in [0.15, 0.2) is 0 Å². The predicted molar refractivity (Wildman–Crippen MR) is 78.6 cm³/mol. The molecule has 2 atom stereocenters. The second-order valence-electron chi connectivity index (χ2n) is 5.19. The van der Waals surface area contributed by atoms with Crippen LogP contribution in [-0.2, 0) is 4.79 Å². The molecule has 0 spiro atoms. The Morgan fingerprint density at radius 2 is 2.00 bits per heavy atom. The van der Waals surface area contributed by atoms with Crippen LogP contribution in [-0.4, -0.2) is 36.5 Å². The number of ether oxygens (including phenoxy) is 1. The van der Waals surface area contributed by atoms with Crippen LogP contribution in [0.2, 0.25) is 0 Å². The Morgan fingerprint density at radius 1 is 1.33 bits per heavy atom. The monoisotopic (exact) mass is 292 g/mol. The van der Waals surface area contributed by atoms with E-state index in [1.165, 1.54) is 4.90 Å². The third kappa shape index (κ3) is 3.56. The number of urea groups is 1. The highest BCUT2D eigenvalue weighted by molar-refractivity contribution is 5.87. The number of hydrogen-bond donors (Lipinski definition) is 3. The highest BCUT2D eigenvalue weighted by Gasteiger charge is 2.36. The first kappa shape index (κ1) is 15.0. The maximum absolute atomic E-state index is 12.2. The summed E-state index contributed by atoms with van der Waals surface area (Å²) in [4.78, 5) is 24.9. The molecule has 7 nitrogen and oxygen atoms in total. The van der Waals surface area contributed by atoms with E-state index in [9.17, 15) is 9.59 Å². The van der Waals surface area contributed by atoms with Crippen molar-refractivity contribution in [3.63, 3.8) is 0 Å². The molecule has 0 bridgehead atoms. The van der Waals surface area contributed by atoms with Crippen LogP contribution < -0.4 is 21.3 Å². The van der Waals surface area contributed by atoms with Crippen LogP contribution in [0.4, 0.5) is 10.5 Å². The fraction of sp³-hybridized carbons (Fsp3) is 0.429. The number of nitrogens with zero attached hydrogens (tertiary/aromatic N) is 1. The van der Waals surface area contributed by atoms with Gasteiger partial charge in [-0.05, 0) is 36.6 Å². The third-order valence-electron chi connectivity index (χ3n) is 3.52. The number of hydrogen-bond acceptors (Lipinski definition) is 4. The summed E-state index contributed by atoms with van der Waals surface area (Å²) in [6, 6.07) is 6.03. The van der Waals surface area contributed by atoms with Crippen LogP contribution in [0.25, 0.3) is 0 Å². The number of likely N-dealkylation sites (tertiary alicyclic amines) is 1. The van der Waals surface area contributed by atoms with Gasteiger partial charge >= 0.3 is 6.03 Å². The van der Waals surface area contributed by atoms with Crippen molar-refractivity contribution in [2.24, 2.45) is 11.7 Å². The molecule has 0 saturated carbocycles. The number of carbonyl (C=O) groups excluding carboxylic acids is 2. The van der Waals surface area contributed by atoms with E-state index in [2.05, 4.69) is 10.9 Å². The van der Waals surface area contributed by atoms with Crippen molar-refractivity contribution in [1.82, 2.24) is 10.3 Å². The zero-order valence-electron chi connectivity index (χ0n) is 12.1.